The summed E-state index contributed by atoms with van der Waals surface area (Å²) in [7, 11) is 0. The van der Waals surface area contributed by atoms with Gasteiger partial charge in [-0.2, -0.15) is 0 Å². The molecule has 1 saturated heterocycles. The van der Waals surface area contributed by atoms with Crippen molar-refractivity contribution in [1.29, 1.82) is 0 Å². The minimum atomic E-state index is -1.92. The first-order chi connectivity index (χ1) is 37.6. The lowest BCUT2D eigenvalue weighted by Gasteiger charge is -2.40. The van der Waals surface area contributed by atoms with Gasteiger partial charge in [0.15, 0.2) is 24.6 Å². The third-order valence-corrected chi connectivity index (χ3v) is 13.1. The zero-order chi connectivity index (χ0) is 56.1. The maximum Gasteiger partial charge on any atom is 0.335 e. The van der Waals surface area contributed by atoms with Crippen molar-refractivity contribution < 1.29 is 58.2 Å². The molecule has 0 bridgehead atoms. The highest BCUT2D eigenvalue weighted by atomic mass is 16.7. The van der Waals surface area contributed by atoms with E-state index < -0.39 is 67.3 Å². The van der Waals surface area contributed by atoms with Crippen molar-refractivity contribution in [2.24, 2.45) is 0 Å². The van der Waals surface area contributed by atoms with Crippen LogP contribution >= 0.6 is 0 Å². The number of hydrogen-bond acceptors (Lipinski definition) is 11. The molecule has 438 valence electrons. The largest absolute Gasteiger partial charge is 0.479 e. The van der Waals surface area contributed by atoms with Gasteiger partial charge in [-0.1, -0.05) is 195 Å². The van der Waals surface area contributed by atoms with Crippen molar-refractivity contribution >= 4 is 23.9 Å². The summed E-state index contributed by atoms with van der Waals surface area (Å²) in [4.78, 5) is 51.2. The third-order valence-electron chi connectivity index (χ3n) is 13.1. The molecule has 0 saturated carbocycles. The Morgan fingerprint density at radius 2 is 0.818 bits per heavy atom. The summed E-state index contributed by atoms with van der Waals surface area (Å²) < 4.78 is 28.4. The van der Waals surface area contributed by atoms with Crippen LogP contribution in [0.3, 0.4) is 0 Å². The molecule has 0 radical (unpaired) electrons. The first kappa shape index (κ1) is 70.7. The van der Waals surface area contributed by atoms with Crippen LogP contribution in [-0.4, -0.2) is 89.2 Å². The van der Waals surface area contributed by atoms with E-state index >= 15 is 0 Å². The van der Waals surface area contributed by atoms with Crippen LogP contribution in [0.4, 0.5) is 0 Å². The Balaban J connectivity index is 2.73. The molecule has 6 atom stereocenters. The van der Waals surface area contributed by atoms with Crippen molar-refractivity contribution in [2.45, 2.75) is 276 Å². The van der Waals surface area contributed by atoms with E-state index in [1.165, 1.54) is 57.8 Å². The summed E-state index contributed by atoms with van der Waals surface area (Å²) in [6, 6.07) is 0. The molecule has 0 aromatic heterocycles. The standard InChI is InChI=1S/C65H106O12/c1-4-7-10-13-16-19-22-25-28-29-32-33-36-39-42-45-48-51-57(66)73-54-56(75-58(67)52-49-46-43-40-37-34-30-26-23-20-17-14-11-8-5-2)55-74-65-63(61(70)60(69)62(77-65)64(71)72)76-59(68)53-50-47-44-41-38-35-31-27-24-21-18-15-12-9-6-3/h8,11,16-21,25-28,30-31,37,40,56,60-63,65,69-70H,4-7,9-10,12-15,22-24,29,32-36,38-39,41-55H2,1-3H3,(H,71,72)/b11-8-,19-16-,20-17-,21-18-,28-25-,30-26-,31-27-,40-37-. The number of esters is 3. The maximum absolute atomic E-state index is 13.1. The zero-order valence-corrected chi connectivity index (χ0v) is 48.2. The number of allylic oxidation sites excluding steroid dienone is 16. The third kappa shape index (κ3) is 42.3. The van der Waals surface area contributed by atoms with Crippen molar-refractivity contribution in [3.8, 4) is 0 Å². The van der Waals surface area contributed by atoms with Gasteiger partial charge in [-0.3, -0.25) is 14.4 Å². The molecule has 0 aliphatic carbocycles. The number of aliphatic carboxylic acids is 1. The summed E-state index contributed by atoms with van der Waals surface area (Å²) in [5, 5.41) is 31.5. The molecule has 12 nitrogen and oxygen atoms in total. The van der Waals surface area contributed by atoms with Crippen LogP contribution in [0.5, 0.6) is 0 Å². The van der Waals surface area contributed by atoms with Gasteiger partial charge in [0.2, 0.25) is 0 Å². The number of carboxylic acids is 1. The van der Waals surface area contributed by atoms with E-state index in [1.807, 2.05) is 0 Å². The lowest BCUT2D eigenvalue weighted by molar-refractivity contribution is -0.301. The quantitative estimate of drug-likeness (QED) is 0.0228. The molecule has 0 amide bonds. The molecular weight excluding hydrogens is 973 g/mol. The van der Waals surface area contributed by atoms with Crippen LogP contribution in [-0.2, 0) is 42.9 Å². The van der Waals surface area contributed by atoms with Gasteiger partial charge in [0.1, 0.15) is 18.8 Å². The van der Waals surface area contributed by atoms with E-state index in [4.69, 9.17) is 23.7 Å². The van der Waals surface area contributed by atoms with Crippen LogP contribution in [0.25, 0.3) is 0 Å². The normalized spacial score (nSPS) is 18.7. The van der Waals surface area contributed by atoms with Crippen molar-refractivity contribution in [3.05, 3.63) is 97.2 Å². The van der Waals surface area contributed by atoms with Crippen LogP contribution in [0.1, 0.15) is 239 Å². The van der Waals surface area contributed by atoms with E-state index in [0.717, 1.165) is 122 Å². The van der Waals surface area contributed by atoms with E-state index in [1.54, 1.807) is 0 Å². The molecule has 1 rings (SSSR count). The summed E-state index contributed by atoms with van der Waals surface area (Å²) in [6.45, 7) is 5.78. The second-order valence-corrected chi connectivity index (χ2v) is 20.2. The van der Waals surface area contributed by atoms with Crippen LogP contribution in [0.2, 0.25) is 0 Å². The predicted molar refractivity (Wildman–Crippen MR) is 312 cm³/mol. The van der Waals surface area contributed by atoms with Gasteiger partial charge in [-0.05, 0) is 122 Å². The van der Waals surface area contributed by atoms with Gasteiger partial charge in [0.05, 0.1) is 6.61 Å². The highest BCUT2D eigenvalue weighted by molar-refractivity contribution is 5.74. The first-order valence-electron chi connectivity index (χ1n) is 30.2. The van der Waals surface area contributed by atoms with Crippen LogP contribution < -0.4 is 0 Å². The van der Waals surface area contributed by atoms with Gasteiger partial charge in [-0.25, -0.2) is 4.79 Å². The average Bonchev–Trinajstić information content (AvgIpc) is 3.43. The molecular formula is C65H106O12. The second kappa shape index (κ2) is 52.3. The fourth-order valence-corrected chi connectivity index (χ4v) is 8.48. The Kier molecular flexibility index (Phi) is 48.0. The van der Waals surface area contributed by atoms with E-state index in [0.29, 0.717) is 19.3 Å². The first-order valence-corrected chi connectivity index (χ1v) is 30.2. The molecule has 0 aromatic carbocycles. The SMILES string of the molecule is CC/C=C\C/C=C\C/C=C\C/C=C\CCCCC(=O)OC(COC(=O)CCCCCCCCC/C=C\C/C=C\CCCCC)COC1OC(C(=O)O)C(O)C(O)C1OC(=O)CCCCCCC/C=C\C/C=C\CCCCC. The van der Waals surface area contributed by atoms with Crippen LogP contribution in [0, 0.1) is 0 Å². The zero-order valence-electron chi connectivity index (χ0n) is 48.2. The Bertz CT molecular complexity index is 1710. The second-order valence-electron chi connectivity index (χ2n) is 20.2. The van der Waals surface area contributed by atoms with Crippen LogP contribution in [0.15, 0.2) is 97.2 Å². The molecule has 0 aromatic rings. The predicted octanol–water partition coefficient (Wildman–Crippen LogP) is 15.7. The van der Waals surface area contributed by atoms with E-state index in [-0.39, 0.29) is 25.9 Å². The molecule has 0 spiro atoms. The number of hydrogen-bond donors (Lipinski definition) is 3. The molecule has 1 aliphatic rings. The minimum Gasteiger partial charge on any atom is -0.479 e. The Labute approximate surface area is 466 Å². The number of aliphatic hydroxyl groups excluding tert-OH is 2. The lowest BCUT2D eigenvalue weighted by Crippen LogP contribution is -2.61. The topological polar surface area (TPSA) is 175 Å². The van der Waals surface area contributed by atoms with Gasteiger partial charge in [0.25, 0.3) is 0 Å². The highest BCUT2D eigenvalue weighted by Crippen LogP contribution is 2.26. The summed E-state index contributed by atoms with van der Waals surface area (Å²) in [6.07, 6.45) is 56.6. The number of ether oxygens (including phenoxy) is 5. The van der Waals surface area contributed by atoms with Gasteiger partial charge in [-0.15, -0.1) is 0 Å². The summed E-state index contributed by atoms with van der Waals surface area (Å²) in [5.41, 5.74) is 0. The summed E-state index contributed by atoms with van der Waals surface area (Å²) in [5.74, 6) is -3.21. The lowest BCUT2D eigenvalue weighted by atomic mass is 9.98. The van der Waals surface area contributed by atoms with Gasteiger partial charge < -0.3 is 39.0 Å². The maximum atomic E-state index is 13.1. The number of unbranched alkanes of at least 4 members (excludes halogenated alkanes) is 20. The number of carbonyl (C=O) groups excluding carboxylic acids is 3. The van der Waals surface area contributed by atoms with E-state index in [2.05, 4.69) is 118 Å². The Morgan fingerprint density at radius 3 is 1.27 bits per heavy atom. The average molecular weight is 1080 g/mol. The molecule has 1 fully saturated rings. The molecule has 12 heteroatoms. The van der Waals surface area contributed by atoms with Gasteiger partial charge >= 0.3 is 23.9 Å². The smallest absolute Gasteiger partial charge is 0.335 e. The van der Waals surface area contributed by atoms with Crippen molar-refractivity contribution in [1.82, 2.24) is 0 Å². The summed E-state index contributed by atoms with van der Waals surface area (Å²) >= 11 is 0. The van der Waals surface area contributed by atoms with Crippen molar-refractivity contribution in [3.63, 3.8) is 0 Å². The number of aliphatic hydroxyl groups is 2. The fraction of sp³-hybridized carbons (Fsp3) is 0.692. The molecule has 6 unspecified atom stereocenters. The highest BCUT2D eigenvalue weighted by Gasteiger charge is 2.50. The number of carboxylic acid groups (broad SMARTS) is 1. The molecule has 3 N–H and O–H groups in total. The Morgan fingerprint density at radius 1 is 0.442 bits per heavy atom. The van der Waals surface area contributed by atoms with Crippen molar-refractivity contribution in [2.75, 3.05) is 13.2 Å². The fourth-order valence-electron chi connectivity index (χ4n) is 8.48. The monoisotopic (exact) mass is 1080 g/mol. The van der Waals surface area contributed by atoms with Gasteiger partial charge in [0, 0.05) is 19.3 Å². The number of carbonyl (C=O) groups is 4. The Hall–Kier alpha value is -4.36. The molecule has 1 aliphatic heterocycles. The molecule has 77 heavy (non-hydrogen) atoms. The molecule has 1 heterocycles. The number of rotatable bonds is 50. The minimum absolute atomic E-state index is 0.0347. The van der Waals surface area contributed by atoms with E-state index in [9.17, 15) is 34.5 Å².